The highest BCUT2D eigenvalue weighted by Gasteiger charge is 2.25. The molecule has 0 radical (unpaired) electrons. The summed E-state index contributed by atoms with van der Waals surface area (Å²) in [6, 6.07) is 0. The van der Waals surface area contributed by atoms with Gasteiger partial charge >= 0.3 is 0 Å². The fourth-order valence-corrected chi connectivity index (χ4v) is 4.78. The van der Waals surface area contributed by atoms with Crippen LogP contribution in [-0.4, -0.2) is 22.2 Å². The SMILES string of the molecule is CCC1=C(CC)C2=NC1=CC1=NC(=CC3=C(O)C=CC(=CC4=NC(=C2)C(C)=C4C)N3)C(C)=C1C. The Bertz CT molecular complexity index is 1410. The van der Waals surface area contributed by atoms with Crippen molar-refractivity contribution in [3.8, 4) is 0 Å². The smallest absolute Gasteiger partial charge is 0.139 e. The second-order valence-corrected chi connectivity index (χ2v) is 9.10. The maximum absolute atomic E-state index is 10.5. The second kappa shape index (κ2) is 8.24. The van der Waals surface area contributed by atoms with E-state index in [-0.39, 0.29) is 5.76 Å². The van der Waals surface area contributed by atoms with Crippen LogP contribution in [0.3, 0.4) is 0 Å². The van der Waals surface area contributed by atoms with E-state index < -0.39 is 0 Å². The summed E-state index contributed by atoms with van der Waals surface area (Å²) in [6.07, 6.45) is 13.6. The van der Waals surface area contributed by atoms with Crippen LogP contribution in [0.1, 0.15) is 54.4 Å². The number of allylic oxidation sites excluding steroid dienone is 12. The lowest BCUT2D eigenvalue weighted by Gasteiger charge is -2.15. The number of fused-ring (bicyclic) bond motifs is 5. The first kappa shape index (κ1) is 22.1. The summed E-state index contributed by atoms with van der Waals surface area (Å²) in [7, 11) is 0. The number of dihydropyridines is 1. The molecule has 5 heteroatoms. The maximum atomic E-state index is 10.5. The average molecular weight is 451 g/mol. The number of aliphatic hydroxyl groups excluding tert-OH is 1. The Hall–Kier alpha value is -3.73. The number of rotatable bonds is 2. The third kappa shape index (κ3) is 3.52. The van der Waals surface area contributed by atoms with Crippen molar-refractivity contribution in [1.82, 2.24) is 5.32 Å². The molecule has 5 aliphatic heterocycles. The number of nitrogens with zero attached hydrogens (tertiary/aromatic N) is 3. The number of aliphatic hydroxyl groups is 1. The average Bonchev–Trinajstić information content (AvgIpc) is 3.38. The molecule has 0 atom stereocenters. The minimum atomic E-state index is 0.185. The van der Waals surface area contributed by atoms with Gasteiger partial charge in [-0.15, -0.1) is 0 Å². The zero-order valence-corrected chi connectivity index (χ0v) is 20.7. The summed E-state index contributed by atoms with van der Waals surface area (Å²) in [5, 5.41) is 13.9. The summed E-state index contributed by atoms with van der Waals surface area (Å²) >= 11 is 0. The highest BCUT2D eigenvalue weighted by molar-refractivity contribution is 6.17. The van der Waals surface area contributed by atoms with Gasteiger partial charge in [-0.3, -0.25) is 0 Å². The molecule has 8 bridgehead atoms. The van der Waals surface area contributed by atoms with E-state index in [1.807, 2.05) is 18.2 Å². The van der Waals surface area contributed by atoms with Crippen LogP contribution in [0.5, 0.6) is 0 Å². The predicted molar refractivity (Wildman–Crippen MR) is 141 cm³/mol. The van der Waals surface area contributed by atoms with Crippen LogP contribution < -0.4 is 5.32 Å². The molecular weight excluding hydrogens is 420 g/mol. The van der Waals surface area contributed by atoms with Crippen LogP contribution in [0, 0.1) is 0 Å². The Balaban J connectivity index is 1.78. The van der Waals surface area contributed by atoms with Gasteiger partial charge in [0.2, 0.25) is 0 Å². The van der Waals surface area contributed by atoms with Gasteiger partial charge in [-0.1, -0.05) is 13.8 Å². The third-order valence-electron chi connectivity index (χ3n) is 7.17. The molecule has 0 aliphatic carbocycles. The van der Waals surface area contributed by atoms with Crippen LogP contribution >= 0.6 is 0 Å². The molecule has 0 amide bonds. The highest BCUT2D eigenvalue weighted by Crippen LogP contribution is 2.35. The van der Waals surface area contributed by atoms with Crippen LogP contribution in [-0.2, 0) is 0 Å². The molecule has 0 aromatic carbocycles. The lowest BCUT2D eigenvalue weighted by Crippen LogP contribution is -2.17. The standard InChI is InChI=1S/C29H30N4O/c1-7-20-21(8-2)27-13-24-17(5)18(6)25(32-24)14-28-29(34)10-9-19(30-28)11-22-15(3)16(4)23(31-22)12-26(20)33-27/h9-14,30,34H,7-8H2,1-6H3. The van der Waals surface area contributed by atoms with Crippen LogP contribution in [0.4, 0.5) is 0 Å². The Morgan fingerprint density at radius 1 is 0.647 bits per heavy atom. The fraction of sp³-hybridized carbons (Fsp3) is 0.276. The molecule has 5 nitrogen and oxygen atoms in total. The second-order valence-electron chi connectivity index (χ2n) is 9.10. The van der Waals surface area contributed by atoms with E-state index in [9.17, 15) is 5.11 Å². The van der Waals surface area contributed by atoms with E-state index in [1.54, 1.807) is 6.08 Å². The first-order valence-corrected chi connectivity index (χ1v) is 11.9. The maximum Gasteiger partial charge on any atom is 0.139 e. The van der Waals surface area contributed by atoms with Crippen molar-refractivity contribution in [3.63, 3.8) is 0 Å². The van der Waals surface area contributed by atoms with Gasteiger partial charge in [0, 0.05) is 5.70 Å². The van der Waals surface area contributed by atoms with E-state index in [2.05, 4.69) is 59.0 Å². The minimum Gasteiger partial charge on any atom is -0.506 e. The number of hydrogen-bond donors (Lipinski definition) is 2. The first-order chi connectivity index (χ1) is 16.3. The molecule has 5 heterocycles. The molecule has 0 aromatic rings. The van der Waals surface area contributed by atoms with Gasteiger partial charge in [-0.2, -0.15) is 0 Å². The monoisotopic (exact) mass is 450 g/mol. The van der Waals surface area contributed by atoms with E-state index in [1.165, 1.54) is 11.1 Å². The van der Waals surface area contributed by atoms with Crippen molar-refractivity contribution in [1.29, 1.82) is 0 Å². The van der Waals surface area contributed by atoms with Gasteiger partial charge < -0.3 is 10.4 Å². The lowest BCUT2D eigenvalue weighted by atomic mass is 9.97. The van der Waals surface area contributed by atoms with Crippen molar-refractivity contribution in [2.45, 2.75) is 54.4 Å². The summed E-state index contributed by atoms with van der Waals surface area (Å²) in [5.74, 6) is 0.185. The molecule has 0 aromatic heterocycles. The van der Waals surface area contributed by atoms with Crippen molar-refractivity contribution in [2.75, 3.05) is 0 Å². The van der Waals surface area contributed by atoms with Crippen molar-refractivity contribution in [2.24, 2.45) is 15.0 Å². The summed E-state index contributed by atoms with van der Waals surface area (Å²) in [4.78, 5) is 14.9. The first-order valence-electron chi connectivity index (χ1n) is 11.9. The zero-order chi connectivity index (χ0) is 24.1. The lowest BCUT2D eigenvalue weighted by molar-refractivity contribution is 0.421. The Kier molecular flexibility index (Phi) is 5.35. The van der Waals surface area contributed by atoms with Crippen molar-refractivity contribution >= 4 is 17.1 Å². The molecule has 2 N–H and O–H groups in total. The number of aliphatic imine (C=N–C) groups is 3. The van der Waals surface area contributed by atoms with E-state index in [0.717, 1.165) is 75.1 Å². The zero-order valence-electron chi connectivity index (χ0n) is 20.7. The van der Waals surface area contributed by atoms with Crippen LogP contribution in [0.25, 0.3) is 0 Å². The van der Waals surface area contributed by atoms with Gasteiger partial charge in [-0.05, 0) is 110 Å². The molecule has 5 rings (SSSR count). The number of hydrogen-bond acceptors (Lipinski definition) is 5. The van der Waals surface area contributed by atoms with Gasteiger partial charge in [0.05, 0.1) is 39.9 Å². The third-order valence-corrected chi connectivity index (χ3v) is 7.17. The predicted octanol–water partition coefficient (Wildman–Crippen LogP) is 6.62. The quantitative estimate of drug-likeness (QED) is 0.496. The normalized spacial score (nSPS) is 21.9. The summed E-state index contributed by atoms with van der Waals surface area (Å²) in [5.41, 5.74) is 14.2. The topological polar surface area (TPSA) is 69.3 Å². The molecule has 0 unspecified atom stereocenters. The molecule has 172 valence electrons. The molecule has 0 spiro atoms. The molecule has 0 saturated carbocycles. The largest absolute Gasteiger partial charge is 0.506 e. The Morgan fingerprint density at radius 3 is 1.85 bits per heavy atom. The molecule has 0 saturated heterocycles. The minimum absolute atomic E-state index is 0.185. The van der Waals surface area contributed by atoms with Gasteiger partial charge in [0.15, 0.2) is 0 Å². The van der Waals surface area contributed by atoms with Gasteiger partial charge in [-0.25, -0.2) is 15.0 Å². The van der Waals surface area contributed by atoms with Crippen LogP contribution in [0.15, 0.2) is 119 Å². The summed E-state index contributed by atoms with van der Waals surface area (Å²) < 4.78 is 0. The fourth-order valence-electron chi connectivity index (χ4n) is 4.78. The van der Waals surface area contributed by atoms with E-state index in [0.29, 0.717) is 5.70 Å². The van der Waals surface area contributed by atoms with Crippen molar-refractivity contribution in [3.05, 3.63) is 104 Å². The number of nitrogens with one attached hydrogen (secondary N) is 1. The van der Waals surface area contributed by atoms with Gasteiger partial charge in [0.25, 0.3) is 0 Å². The highest BCUT2D eigenvalue weighted by atomic mass is 16.3. The molecule has 0 fully saturated rings. The van der Waals surface area contributed by atoms with Gasteiger partial charge in [0.1, 0.15) is 5.76 Å². The van der Waals surface area contributed by atoms with E-state index in [4.69, 9.17) is 15.0 Å². The Morgan fingerprint density at radius 2 is 1.21 bits per heavy atom. The van der Waals surface area contributed by atoms with Crippen molar-refractivity contribution < 1.29 is 5.11 Å². The summed E-state index contributed by atoms with van der Waals surface area (Å²) in [6.45, 7) is 12.8. The molecule has 34 heavy (non-hydrogen) atoms. The molecular formula is C29H30N4O. The molecule has 5 aliphatic rings. The van der Waals surface area contributed by atoms with E-state index >= 15 is 0 Å². The Labute approximate surface area is 201 Å². The van der Waals surface area contributed by atoms with Crippen LogP contribution in [0.2, 0.25) is 0 Å².